The molecule has 0 saturated carbocycles. The standard InChI is InChI=1S/C8H19N.C4H11O3P.ClH/c1-3-5-6-7-8-9-4-2;1-3-6-8(5)7-4-2;/h9H,3-8H2,1-2H3;8H,3-4H2,1-2H3;1H. The van der Waals surface area contributed by atoms with Crippen molar-refractivity contribution in [3.63, 3.8) is 0 Å². The van der Waals surface area contributed by atoms with Gasteiger partial charge in [0, 0.05) is 0 Å². The number of nitrogens with one attached hydrogen (secondary N) is 1. The van der Waals surface area contributed by atoms with E-state index in [9.17, 15) is 4.57 Å². The molecule has 0 atom stereocenters. The van der Waals surface area contributed by atoms with Gasteiger partial charge in [0.2, 0.25) is 0 Å². The van der Waals surface area contributed by atoms with Gasteiger partial charge >= 0.3 is 8.25 Å². The zero-order valence-electron chi connectivity index (χ0n) is 12.3. The highest BCUT2D eigenvalue weighted by Gasteiger charge is 1.91. The topological polar surface area (TPSA) is 47.6 Å². The van der Waals surface area contributed by atoms with E-state index < -0.39 is 8.25 Å². The molecule has 1 N–H and O–H groups in total. The highest BCUT2D eigenvalue weighted by Crippen LogP contribution is 2.21. The second-order valence-corrected chi connectivity index (χ2v) is 4.61. The van der Waals surface area contributed by atoms with E-state index in [0.29, 0.717) is 13.2 Å². The molecule has 0 spiro atoms. The van der Waals surface area contributed by atoms with Crippen LogP contribution in [-0.2, 0) is 13.6 Å². The van der Waals surface area contributed by atoms with E-state index in [1.54, 1.807) is 13.8 Å². The Kier molecular flexibility index (Phi) is 29.5. The van der Waals surface area contributed by atoms with Gasteiger partial charge in [-0.3, -0.25) is 4.57 Å². The summed E-state index contributed by atoms with van der Waals surface area (Å²) in [6, 6.07) is 0. The molecule has 0 aromatic rings. The second-order valence-electron chi connectivity index (χ2n) is 3.53. The summed E-state index contributed by atoms with van der Waals surface area (Å²) in [5, 5.41) is 3.31. The predicted octanol–water partition coefficient (Wildman–Crippen LogP) is 4.05. The molecule has 0 bridgehead atoms. The third kappa shape index (κ3) is 25.3. The van der Waals surface area contributed by atoms with Crippen LogP contribution >= 0.6 is 20.7 Å². The van der Waals surface area contributed by atoms with Crippen molar-refractivity contribution in [3.8, 4) is 0 Å². The molecule has 0 aromatic heterocycles. The van der Waals surface area contributed by atoms with Crippen LogP contribution in [0.4, 0.5) is 0 Å². The quantitative estimate of drug-likeness (QED) is 0.488. The zero-order valence-corrected chi connectivity index (χ0v) is 14.1. The molecule has 0 unspecified atom stereocenters. The Morgan fingerprint density at radius 2 is 1.50 bits per heavy atom. The monoisotopic (exact) mass is 303 g/mol. The van der Waals surface area contributed by atoms with Crippen LogP contribution in [-0.4, -0.2) is 26.3 Å². The maximum atomic E-state index is 10.4. The van der Waals surface area contributed by atoms with Crippen molar-refractivity contribution in [1.29, 1.82) is 0 Å². The number of rotatable bonds is 10. The molecular formula is C12H31ClNO3P. The fraction of sp³-hybridized carbons (Fsp3) is 1.00. The van der Waals surface area contributed by atoms with Gasteiger partial charge in [0.25, 0.3) is 0 Å². The average molecular weight is 304 g/mol. The van der Waals surface area contributed by atoms with Crippen LogP contribution in [0.1, 0.15) is 53.4 Å². The number of halogens is 1. The number of hydrogen-bond acceptors (Lipinski definition) is 4. The first kappa shape index (κ1) is 23.5. The third-order valence-corrected chi connectivity index (χ3v) is 3.03. The van der Waals surface area contributed by atoms with Crippen LogP contribution in [0.2, 0.25) is 0 Å². The number of hydrogen-bond donors (Lipinski definition) is 1. The molecule has 0 aromatic carbocycles. The average Bonchev–Trinajstić information content (AvgIpc) is 2.31. The molecule has 0 aliphatic carbocycles. The van der Waals surface area contributed by atoms with E-state index in [-0.39, 0.29) is 12.4 Å². The van der Waals surface area contributed by atoms with Crippen molar-refractivity contribution in [2.75, 3.05) is 26.3 Å². The number of unbranched alkanes of at least 4 members (excludes halogenated alkanes) is 3. The molecule has 0 fully saturated rings. The molecule has 0 amide bonds. The van der Waals surface area contributed by atoms with Gasteiger partial charge in [0.05, 0.1) is 13.2 Å². The predicted molar refractivity (Wildman–Crippen MR) is 82.2 cm³/mol. The molecule has 114 valence electrons. The molecule has 18 heavy (non-hydrogen) atoms. The van der Waals surface area contributed by atoms with Gasteiger partial charge < -0.3 is 14.4 Å². The van der Waals surface area contributed by atoms with Crippen molar-refractivity contribution in [2.45, 2.75) is 53.4 Å². The molecule has 0 heterocycles. The summed E-state index contributed by atoms with van der Waals surface area (Å²) in [4.78, 5) is 0. The summed E-state index contributed by atoms with van der Waals surface area (Å²) >= 11 is 0. The summed E-state index contributed by atoms with van der Waals surface area (Å²) in [5.41, 5.74) is 0. The van der Waals surface area contributed by atoms with E-state index >= 15 is 0 Å². The largest absolute Gasteiger partial charge is 0.319 e. The van der Waals surface area contributed by atoms with Crippen LogP contribution < -0.4 is 5.32 Å². The molecule has 0 saturated heterocycles. The summed E-state index contributed by atoms with van der Waals surface area (Å²) in [5.74, 6) is 0. The Balaban J connectivity index is -0.000000238. The minimum Gasteiger partial charge on any atom is -0.317 e. The lowest BCUT2D eigenvalue weighted by molar-refractivity contribution is 0.243. The van der Waals surface area contributed by atoms with Crippen LogP contribution in [0.5, 0.6) is 0 Å². The maximum absolute atomic E-state index is 10.4. The summed E-state index contributed by atoms with van der Waals surface area (Å²) in [7, 11) is -2.14. The Labute approximate surface area is 120 Å². The van der Waals surface area contributed by atoms with Crippen LogP contribution in [0, 0.1) is 0 Å². The van der Waals surface area contributed by atoms with Crippen LogP contribution in [0.15, 0.2) is 0 Å². The molecule has 4 nitrogen and oxygen atoms in total. The smallest absolute Gasteiger partial charge is 0.317 e. The van der Waals surface area contributed by atoms with Gasteiger partial charge in [0.1, 0.15) is 0 Å². The summed E-state index contributed by atoms with van der Waals surface area (Å²) in [6.07, 6.45) is 5.47. The lowest BCUT2D eigenvalue weighted by Gasteiger charge is -1.98. The van der Waals surface area contributed by atoms with Crippen molar-refractivity contribution >= 4 is 20.7 Å². The van der Waals surface area contributed by atoms with Gasteiger partial charge in [0.15, 0.2) is 0 Å². The van der Waals surface area contributed by atoms with Gasteiger partial charge in [-0.05, 0) is 33.4 Å². The molecule has 0 rings (SSSR count). The minimum absolute atomic E-state index is 0. The molecular weight excluding hydrogens is 273 g/mol. The van der Waals surface area contributed by atoms with E-state index in [2.05, 4.69) is 28.2 Å². The fourth-order valence-corrected chi connectivity index (χ4v) is 1.69. The zero-order chi connectivity index (χ0) is 13.4. The first-order chi connectivity index (χ1) is 8.22. The summed E-state index contributed by atoms with van der Waals surface area (Å²) in [6.45, 7) is 11.2. The molecule has 6 heteroatoms. The van der Waals surface area contributed by atoms with Gasteiger partial charge in [-0.25, -0.2) is 0 Å². The van der Waals surface area contributed by atoms with Crippen LogP contribution in [0.3, 0.4) is 0 Å². The van der Waals surface area contributed by atoms with Gasteiger partial charge in [-0.1, -0.05) is 33.1 Å². The highest BCUT2D eigenvalue weighted by atomic mass is 35.5. The van der Waals surface area contributed by atoms with Crippen molar-refractivity contribution < 1.29 is 13.6 Å². The Morgan fingerprint density at radius 1 is 0.944 bits per heavy atom. The first-order valence-electron chi connectivity index (χ1n) is 6.73. The normalized spacial score (nSPS) is 9.61. The van der Waals surface area contributed by atoms with Crippen molar-refractivity contribution in [3.05, 3.63) is 0 Å². The highest BCUT2D eigenvalue weighted by molar-refractivity contribution is 7.33. The fourth-order valence-electron chi connectivity index (χ4n) is 1.13. The lowest BCUT2D eigenvalue weighted by Crippen LogP contribution is -2.13. The third-order valence-electron chi connectivity index (χ3n) is 1.98. The van der Waals surface area contributed by atoms with E-state index in [1.807, 2.05) is 0 Å². The first-order valence-corrected chi connectivity index (χ1v) is 7.95. The van der Waals surface area contributed by atoms with E-state index in [0.717, 1.165) is 6.54 Å². The molecule has 0 radical (unpaired) electrons. The maximum Gasteiger partial charge on any atom is 0.319 e. The van der Waals surface area contributed by atoms with Gasteiger partial charge in [-0.15, -0.1) is 12.4 Å². The van der Waals surface area contributed by atoms with Crippen molar-refractivity contribution in [2.24, 2.45) is 0 Å². The Hall–Kier alpha value is 0.400. The SMILES string of the molecule is CCCCCCNCC.CCO[PH](=O)OCC.Cl. The second kappa shape index (κ2) is 22.6. The molecule has 0 aliphatic heterocycles. The summed E-state index contributed by atoms with van der Waals surface area (Å²) < 4.78 is 19.6. The Bertz CT molecular complexity index is 148. The molecule has 0 aliphatic rings. The lowest BCUT2D eigenvalue weighted by atomic mass is 10.2. The minimum atomic E-state index is -2.14. The van der Waals surface area contributed by atoms with Crippen LogP contribution in [0.25, 0.3) is 0 Å². The van der Waals surface area contributed by atoms with E-state index in [4.69, 9.17) is 0 Å². The van der Waals surface area contributed by atoms with Gasteiger partial charge in [-0.2, -0.15) is 0 Å². The Morgan fingerprint density at radius 3 is 1.89 bits per heavy atom. The van der Waals surface area contributed by atoms with Crippen molar-refractivity contribution in [1.82, 2.24) is 5.32 Å². The van der Waals surface area contributed by atoms with E-state index in [1.165, 1.54) is 32.2 Å².